The first-order valence-electron chi connectivity index (χ1n) is 9.48. The van der Waals surface area contributed by atoms with E-state index in [9.17, 15) is 4.79 Å². The predicted molar refractivity (Wildman–Crippen MR) is 105 cm³/mol. The zero-order valence-electron chi connectivity index (χ0n) is 16.3. The van der Waals surface area contributed by atoms with Gasteiger partial charge < -0.3 is 14.8 Å². The van der Waals surface area contributed by atoms with Crippen molar-refractivity contribution in [2.45, 2.75) is 52.6 Å². The molecule has 1 aliphatic heterocycles. The zero-order valence-corrected chi connectivity index (χ0v) is 16.3. The van der Waals surface area contributed by atoms with Crippen molar-refractivity contribution < 1.29 is 4.79 Å². The summed E-state index contributed by atoms with van der Waals surface area (Å²) in [6.45, 7) is 10.7. The first kappa shape index (κ1) is 18.5. The van der Waals surface area contributed by atoms with E-state index in [1.807, 2.05) is 50.1 Å². The normalized spacial score (nSPS) is 18.0. The van der Waals surface area contributed by atoms with E-state index < -0.39 is 0 Å². The lowest BCUT2D eigenvalue weighted by Gasteiger charge is -2.35. The van der Waals surface area contributed by atoms with Gasteiger partial charge >= 0.3 is 6.03 Å². The average Bonchev–Trinajstić information content (AvgIpc) is 2.95. The van der Waals surface area contributed by atoms with Crippen molar-refractivity contribution in [2.75, 3.05) is 13.1 Å². The number of carbonyl (C=O) groups is 1. The van der Waals surface area contributed by atoms with Gasteiger partial charge in [-0.25, -0.2) is 9.78 Å². The second kappa shape index (κ2) is 7.52. The molecule has 0 radical (unpaired) electrons. The summed E-state index contributed by atoms with van der Waals surface area (Å²) in [7, 11) is 0. The molecule has 1 aromatic carbocycles. The molecular formula is C21H30N4O. The molecule has 0 aliphatic carbocycles. The Kier molecular flexibility index (Phi) is 5.35. The summed E-state index contributed by atoms with van der Waals surface area (Å²) in [6.07, 6.45) is 4.14. The molecule has 1 fully saturated rings. The van der Waals surface area contributed by atoms with Crippen LogP contribution in [0.25, 0.3) is 11.4 Å². The average molecular weight is 354 g/mol. The van der Waals surface area contributed by atoms with E-state index in [0.717, 1.165) is 43.9 Å². The van der Waals surface area contributed by atoms with Crippen molar-refractivity contribution in [2.24, 2.45) is 5.92 Å². The minimum absolute atomic E-state index is 0.0489. The highest BCUT2D eigenvalue weighted by atomic mass is 16.2. The third kappa shape index (κ3) is 4.45. The Balaban J connectivity index is 1.72. The van der Waals surface area contributed by atoms with Crippen LogP contribution in [0.1, 0.15) is 39.3 Å². The van der Waals surface area contributed by atoms with Gasteiger partial charge in [0.15, 0.2) is 0 Å². The van der Waals surface area contributed by atoms with Gasteiger partial charge in [0.05, 0.1) is 0 Å². The van der Waals surface area contributed by atoms with Crippen LogP contribution in [0.3, 0.4) is 0 Å². The minimum Gasteiger partial charge on any atom is -0.333 e. The Morgan fingerprint density at radius 1 is 1.27 bits per heavy atom. The molecule has 1 aromatic heterocycles. The molecule has 0 bridgehead atoms. The molecule has 5 nitrogen and oxygen atoms in total. The van der Waals surface area contributed by atoms with E-state index in [-0.39, 0.29) is 11.6 Å². The maximum Gasteiger partial charge on any atom is 0.317 e. The van der Waals surface area contributed by atoms with E-state index in [0.29, 0.717) is 5.92 Å². The molecule has 1 unspecified atom stereocenters. The Morgan fingerprint density at radius 2 is 2.00 bits per heavy atom. The van der Waals surface area contributed by atoms with Crippen LogP contribution in [-0.2, 0) is 6.54 Å². The molecule has 0 saturated carbocycles. The van der Waals surface area contributed by atoms with Crippen LogP contribution in [0.4, 0.5) is 4.79 Å². The molecule has 1 N–H and O–H groups in total. The summed E-state index contributed by atoms with van der Waals surface area (Å²) in [5, 5.41) is 3.08. The minimum atomic E-state index is -0.203. The number of nitrogens with zero attached hydrogens (tertiary/aromatic N) is 3. The topological polar surface area (TPSA) is 50.2 Å². The number of amides is 2. The van der Waals surface area contributed by atoms with Crippen LogP contribution in [0.5, 0.6) is 0 Å². The summed E-state index contributed by atoms with van der Waals surface area (Å²) >= 11 is 0. The first-order valence-corrected chi connectivity index (χ1v) is 9.48. The maximum absolute atomic E-state index is 12.5. The number of aromatic nitrogens is 2. The number of likely N-dealkylation sites (tertiary alicyclic amines) is 1. The van der Waals surface area contributed by atoms with Crippen molar-refractivity contribution in [3.05, 3.63) is 42.2 Å². The van der Waals surface area contributed by atoms with Crippen molar-refractivity contribution >= 4 is 6.03 Å². The van der Waals surface area contributed by atoms with Crippen molar-refractivity contribution in [3.63, 3.8) is 0 Å². The maximum atomic E-state index is 12.5. The Bertz CT molecular complexity index is 745. The van der Waals surface area contributed by atoms with Gasteiger partial charge in [0.2, 0.25) is 0 Å². The van der Waals surface area contributed by atoms with E-state index in [2.05, 4.69) is 33.9 Å². The smallest absolute Gasteiger partial charge is 0.317 e. The van der Waals surface area contributed by atoms with Gasteiger partial charge in [-0.2, -0.15) is 0 Å². The van der Waals surface area contributed by atoms with Crippen molar-refractivity contribution in [3.8, 4) is 11.4 Å². The number of piperidine rings is 1. The van der Waals surface area contributed by atoms with Gasteiger partial charge in [-0.05, 0) is 46.5 Å². The molecule has 1 atom stereocenters. The van der Waals surface area contributed by atoms with Crippen molar-refractivity contribution in [1.82, 2.24) is 19.8 Å². The number of aryl methyl sites for hydroxylation is 1. The van der Waals surface area contributed by atoms with E-state index in [1.54, 1.807) is 0 Å². The number of benzene rings is 1. The number of hydrogen-bond acceptors (Lipinski definition) is 2. The monoisotopic (exact) mass is 354 g/mol. The summed E-state index contributed by atoms with van der Waals surface area (Å²) < 4.78 is 2.30. The third-order valence-corrected chi connectivity index (χ3v) is 4.82. The van der Waals surface area contributed by atoms with E-state index >= 15 is 0 Å². The first-order chi connectivity index (χ1) is 12.3. The Morgan fingerprint density at radius 3 is 2.69 bits per heavy atom. The largest absolute Gasteiger partial charge is 0.333 e. The van der Waals surface area contributed by atoms with Gasteiger partial charge in [0.25, 0.3) is 0 Å². The lowest BCUT2D eigenvalue weighted by atomic mass is 9.97. The van der Waals surface area contributed by atoms with E-state index in [4.69, 9.17) is 0 Å². The predicted octanol–water partition coefficient (Wildman–Crippen LogP) is 4.08. The van der Waals surface area contributed by atoms with Crippen LogP contribution in [0.2, 0.25) is 0 Å². The summed E-state index contributed by atoms with van der Waals surface area (Å²) in [5.74, 6) is 1.46. The number of carbonyl (C=O) groups excluding carboxylic acids is 1. The summed E-state index contributed by atoms with van der Waals surface area (Å²) in [5.41, 5.74) is 2.10. The van der Waals surface area contributed by atoms with Crippen LogP contribution in [0.15, 0.2) is 36.5 Å². The van der Waals surface area contributed by atoms with Crippen LogP contribution in [0, 0.1) is 12.8 Å². The summed E-state index contributed by atoms with van der Waals surface area (Å²) in [6, 6.07) is 10.4. The molecule has 140 valence electrons. The Hall–Kier alpha value is -2.30. The Labute approximate surface area is 156 Å². The lowest BCUT2D eigenvalue weighted by Crippen LogP contribution is -2.51. The number of hydrogen-bond donors (Lipinski definition) is 1. The highest BCUT2D eigenvalue weighted by Gasteiger charge is 2.27. The molecule has 2 amide bonds. The SMILES string of the molecule is Cc1cnc(-c2ccccc2)n1CC1CCCN(C(=O)NC(C)(C)C)C1. The molecule has 26 heavy (non-hydrogen) atoms. The molecular weight excluding hydrogens is 324 g/mol. The van der Waals surface area contributed by atoms with Gasteiger partial charge in [-0.1, -0.05) is 30.3 Å². The van der Waals surface area contributed by atoms with Gasteiger partial charge in [0, 0.05) is 42.6 Å². The fraction of sp³-hybridized carbons (Fsp3) is 0.524. The molecule has 0 spiro atoms. The van der Waals surface area contributed by atoms with Gasteiger partial charge in [-0.15, -0.1) is 0 Å². The van der Waals surface area contributed by atoms with Gasteiger partial charge in [-0.3, -0.25) is 0 Å². The quantitative estimate of drug-likeness (QED) is 0.903. The molecule has 2 aromatic rings. The zero-order chi connectivity index (χ0) is 18.7. The molecule has 2 heterocycles. The van der Waals surface area contributed by atoms with Crippen LogP contribution >= 0.6 is 0 Å². The van der Waals surface area contributed by atoms with E-state index in [1.165, 1.54) is 5.69 Å². The van der Waals surface area contributed by atoms with Crippen LogP contribution in [-0.4, -0.2) is 39.1 Å². The molecule has 1 aliphatic rings. The molecule has 5 heteroatoms. The summed E-state index contributed by atoms with van der Waals surface area (Å²) in [4.78, 5) is 19.1. The highest BCUT2D eigenvalue weighted by molar-refractivity contribution is 5.75. The highest BCUT2D eigenvalue weighted by Crippen LogP contribution is 2.24. The second-order valence-corrected chi connectivity index (χ2v) is 8.33. The van der Waals surface area contributed by atoms with Gasteiger partial charge in [0.1, 0.15) is 5.82 Å². The standard InChI is InChI=1S/C21H30N4O/c1-16-13-22-19(18-10-6-5-7-11-18)25(16)15-17-9-8-12-24(14-17)20(26)23-21(2,3)4/h5-7,10-11,13,17H,8-9,12,14-15H2,1-4H3,(H,23,26). The number of urea groups is 1. The molecule has 1 saturated heterocycles. The van der Waals surface area contributed by atoms with Crippen LogP contribution < -0.4 is 5.32 Å². The molecule has 3 rings (SSSR count). The van der Waals surface area contributed by atoms with Crippen molar-refractivity contribution in [1.29, 1.82) is 0 Å². The lowest BCUT2D eigenvalue weighted by molar-refractivity contribution is 0.152. The second-order valence-electron chi connectivity index (χ2n) is 8.33. The number of nitrogens with one attached hydrogen (secondary N) is 1. The fourth-order valence-electron chi connectivity index (χ4n) is 3.57. The third-order valence-electron chi connectivity index (χ3n) is 4.82. The fourth-order valence-corrected chi connectivity index (χ4v) is 3.57. The number of imidazole rings is 1. The number of rotatable bonds is 3.